The molecule has 0 radical (unpaired) electrons. The number of carbonyl (C=O) groups is 1. The van der Waals surface area contributed by atoms with Crippen LogP contribution in [0.1, 0.15) is 51.9 Å². The molecule has 3 saturated heterocycles. The third-order valence-corrected chi connectivity index (χ3v) is 7.94. The lowest BCUT2D eigenvalue weighted by molar-refractivity contribution is -0.0782. The van der Waals surface area contributed by atoms with Gasteiger partial charge in [0.2, 0.25) is 0 Å². The molecule has 5 heteroatoms. The molecule has 1 saturated carbocycles. The molecule has 0 aromatic carbocycles. The molecule has 2 N–H and O–H groups in total. The van der Waals surface area contributed by atoms with Gasteiger partial charge in [-0.3, -0.25) is 0 Å². The van der Waals surface area contributed by atoms with Gasteiger partial charge in [0.1, 0.15) is 0 Å². The van der Waals surface area contributed by atoms with Gasteiger partial charge in [0.15, 0.2) is 0 Å². The zero-order chi connectivity index (χ0) is 17.4. The van der Waals surface area contributed by atoms with E-state index in [1.807, 2.05) is 0 Å². The summed E-state index contributed by atoms with van der Waals surface area (Å²) in [4.78, 5) is 17.0. The Kier molecular flexibility index (Phi) is 4.98. The number of amides is 2. The van der Waals surface area contributed by atoms with E-state index in [9.17, 15) is 4.79 Å². The first kappa shape index (κ1) is 17.6. The molecule has 25 heavy (non-hydrogen) atoms. The number of piperidine rings is 1. The minimum atomic E-state index is 0.130. The first-order chi connectivity index (χ1) is 12.2. The highest BCUT2D eigenvalue weighted by atomic mass is 16.2. The van der Waals surface area contributed by atoms with Crippen molar-refractivity contribution in [3.05, 3.63) is 0 Å². The summed E-state index contributed by atoms with van der Waals surface area (Å²) in [7, 11) is 1.76. The van der Waals surface area contributed by atoms with Gasteiger partial charge in [-0.15, -0.1) is 0 Å². The topological polar surface area (TPSA) is 47.6 Å². The SMILES string of the molecule is CCC1C(N2CCC([C@@H]3CCCN3C(=O)NC)CC2)CC12CCNC2. The second-order valence-corrected chi connectivity index (χ2v) is 8.91. The molecular formula is C20H36N4O. The van der Waals surface area contributed by atoms with Crippen molar-refractivity contribution in [1.82, 2.24) is 20.4 Å². The van der Waals surface area contributed by atoms with Gasteiger partial charge in [-0.2, -0.15) is 0 Å². The zero-order valence-corrected chi connectivity index (χ0v) is 16.1. The number of urea groups is 1. The second kappa shape index (κ2) is 7.07. The van der Waals surface area contributed by atoms with Crippen LogP contribution in [0.3, 0.4) is 0 Å². The highest BCUT2D eigenvalue weighted by Gasteiger charge is 2.55. The molecule has 4 atom stereocenters. The fourth-order valence-electron chi connectivity index (χ4n) is 6.61. The summed E-state index contributed by atoms with van der Waals surface area (Å²) in [6.45, 7) is 8.30. The first-order valence-electron chi connectivity index (χ1n) is 10.6. The Balaban J connectivity index is 1.32. The van der Waals surface area contributed by atoms with Gasteiger partial charge in [0, 0.05) is 32.2 Å². The predicted octanol–water partition coefficient (Wildman–Crippen LogP) is 2.28. The van der Waals surface area contributed by atoms with Gasteiger partial charge in [0.05, 0.1) is 0 Å². The van der Waals surface area contributed by atoms with Gasteiger partial charge >= 0.3 is 6.03 Å². The van der Waals surface area contributed by atoms with E-state index in [2.05, 4.69) is 27.4 Å². The Labute approximate surface area is 152 Å². The van der Waals surface area contributed by atoms with Gasteiger partial charge in [-0.25, -0.2) is 4.79 Å². The molecule has 5 nitrogen and oxygen atoms in total. The predicted molar refractivity (Wildman–Crippen MR) is 101 cm³/mol. The highest BCUT2D eigenvalue weighted by molar-refractivity contribution is 5.74. The lowest BCUT2D eigenvalue weighted by Crippen LogP contribution is -2.61. The lowest BCUT2D eigenvalue weighted by atomic mass is 9.54. The van der Waals surface area contributed by atoms with Gasteiger partial charge < -0.3 is 20.4 Å². The van der Waals surface area contributed by atoms with Crippen LogP contribution in [0, 0.1) is 17.3 Å². The summed E-state index contributed by atoms with van der Waals surface area (Å²) < 4.78 is 0. The fraction of sp³-hybridized carbons (Fsp3) is 0.950. The molecule has 0 aromatic rings. The van der Waals surface area contributed by atoms with E-state index < -0.39 is 0 Å². The molecule has 1 aliphatic carbocycles. The van der Waals surface area contributed by atoms with Crippen LogP contribution in [-0.2, 0) is 0 Å². The summed E-state index contributed by atoms with van der Waals surface area (Å²) in [5.41, 5.74) is 0.623. The quantitative estimate of drug-likeness (QED) is 0.823. The van der Waals surface area contributed by atoms with Crippen molar-refractivity contribution in [3.63, 3.8) is 0 Å². The van der Waals surface area contributed by atoms with Crippen molar-refractivity contribution < 1.29 is 4.79 Å². The summed E-state index contributed by atoms with van der Waals surface area (Å²) in [6.07, 6.45) is 9.06. The summed E-state index contributed by atoms with van der Waals surface area (Å²) >= 11 is 0. The molecule has 4 rings (SSSR count). The monoisotopic (exact) mass is 348 g/mol. The van der Waals surface area contributed by atoms with Crippen LogP contribution in [0.15, 0.2) is 0 Å². The molecular weight excluding hydrogens is 312 g/mol. The normalized spacial score (nSPS) is 39.8. The molecule has 3 unspecified atom stereocenters. The molecule has 4 fully saturated rings. The maximum absolute atomic E-state index is 12.1. The van der Waals surface area contributed by atoms with Crippen molar-refractivity contribution in [3.8, 4) is 0 Å². The maximum Gasteiger partial charge on any atom is 0.317 e. The average molecular weight is 349 g/mol. The van der Waals surface area contributed by atoms with E-state index in [1.54, 1.807) is 7.05 Å². The van der Waals surface area contributed by atoms with Crippen LogP contribution in [0.2, 0.25) is 0 Å². The molecule has 3 heterocycles. The number of nitrogens with one attached hydrogen (secondary N) is 2. The Bertz CT molecular complexity index is 482. The third kappa shape index (κ3) is 2.97. The van der Waals surface area contributed by atoms with Crippen LogP contribution in [-0.4, -0.2) is 67.7 Å². The molecule has 3 aliphatic heterocycles. The number of rotatable bonds is 3. The fourth-order valence-corrected chi connectivity index (χ4v) is 6.61. The second-order valence-electron chi connectivity index (χ2n) is 8.91. The largest absolute Gasteiger partial charge is 0.341 e. The van der Waals surface area contributed by atoms with E-state index in [4.69, 9.17) is 0 Å². The van der Waals surface area contributed by atoms with E-state index in [-0.39, 0.29) is 6.03 Å². The Morgan fingerprint density at radius 3 is 2.64 bits per heavy atom. The van der Waals surface area contributed by atoms with Crippen LogP contribution < -0.4 is 10.6 Å². The summed E-state index contributed by atoms with van der Waals surface area (Å²) in [5.74, 6) is 1.60. The molecule has 0 aromatic heterocycles. The van der Waals surface area contributed by atoms with E-state index in [1.165, 1.54) is 71.1 Å². The van der Waals surface area contributed by atoms with Gasteiger partial charge in [0.25, 0.3) is 0 Å². The Hall–Kier alpha value is -0.810. The molecule has 1 spiro atoms. The minimum Gasteiger partial charge on any atom is -0.341 e. The van der Waals surface area contributed by atoms with E-state index >= 15 is 0 Å². The van der Waals surface area contributed by atoms with Gasteiger partial charge in [-0.05, 0) is 75.4 Å². The lowest BCUT2D eigenvalue weighted by Gasteiger charge is -2.58. The zero-order valence-electron chi connectivity index (χ0n) is 16.1. The maximum atomic E-state index is 12.1. The number of nitrogens with zero attached hydrogens (tertiary/aromatic N) is 2. The Morgan fingerprint density at radius 1 is 1.20 bits per heavy atom. The highest BCUT2D eigenvalue weighted by Crippen LogP contribution is 2.54. The number of hydrogen-bond donors (Lipinski definition) is 2. The Morgan fingerprint density at radius 2 is 2.00 bits per heavy atom. The van der Waals surface area contributed by atoms with Crippen molar-refractivity contribution in [2.45, 2.75) is 64.0 Å². The van der Waals surface area contributed by atoms with Crippen LogP contribution in [0.4, 0.5) is 4.79 Å². The summed E-state index contributed by atoms with van der Waals surface area (Å²) in [5, 5.41) is 6.44. The molecule has 0 bridgehead atoms. The minimum absolute atomic E-state index is 0.130. The number of hydrogen-bond acceptors (Lipinski definition) is 3. The summed E-state index contributed by atoms with van der Waals surface area (Å²) in [6, 6.07) is 1.44. The molecule has 4 aliphatic rings. The van der Waals surface area contributed by atoms with E-state index in [0.29, 0.717) is 17.4 Å². The van der Waals surface area contributed by atoms with Crippen molar-refractivity contribution in [2.24, 2.45) is 17.3 Å². The average Bonchev–Trinajstić information content (AvgIpc) is 3.30. The van der Waals surface area contributed by atoms with Gasteiger partial charge in [-0.1, -0.05) is 13.3 Å². The third-order valence-electron chi connectivity index (χ3n) is 7.94. The van der Waals surface area contributed by atoms with Crippen LogP contribution in [0.5, 0.6) is 0 Å². The number of carbonyl (C=O) groups excluding carboxylic acids is 1. The first-order valence-corrected chi connectivity index (χ1v) is 10.6. The molecule has 142 valence electrons. The molecule has 2 amide bonds. The number of likely N-dealkylation sites (tertiary alicyclic amines) is 2. The van der Waals surface area contributed by atoms with Crippen LogP contribution >= 0.6 is 0 Å². The standard InChI is InChI=1S/C20H36N4O/c1-3-16-18(13-20(16)8-9-22-14-20)23-11-6-15(7-12-23)17-5-4-10-24(17)19(25)21-2/h15-18,22H,3-14H2,1-2H3,(H,21,25)/t16?,17-,18?,20?/m0/s1. The van der Waals surface area contributed by atoms with E-state index in [0.717, 1.165) is 18.5 Å². The van der Waals surface area contributed by atoms with Crippen molar-refractivity contribution in [2.75, 3.05) is 39.8 Å². The smallest absolute Gasteiger partial charge is 0.317 e. The van der Waals surface area contributed by atoms with Crippen LogP contribution in [0.25, 0.3) is 0 Å². The van der Waals surface area contributed by atoms with Crippen molar-refractivity contribution >= 4 is 6.03 Å². The van der Waals surface area contributed by atoms with Crippen molar-refractivity contribution in [1.29, 1.82) is 0 Å².